The number of halogens is 2. The molecule has 0 spiro atoms. The molecule has 2 nitrogen and oxygen atoms in total. The van der Waals surface area contributed by atoms with E-state index in [2.05, 4.69) is 25.9 Å². The van der Waals surface area contributed by atoms with Crippen molar-refractivity contribution in [2.45, 2.75) is 57.4 Å². The molecular weight excluding hydrogens is 210 g/mol. The Bertz CT molecular complexity index is 377. The van der Waals surface area contributed by atoms with Crippen LogP contribution in [-0.2, 0) is 5.41 Å². The van der Waals surface area contributed by atoms with Crippen molar-refractivity contribution >= 4 is 0 Å². The molecule has 2 rings (SSSR count). The third-order valence-corrected chi connectivity index (χ3v) is 3.22. The van der Waals surface area contributed by atoms with Crippen LogP contribution >= 0.6 is 0 Å². The summed E-state index contributed by atoms with van der Waals surface area (Å²) in [5, 5.41) is 4.21. The predicted octanol–water partition coefficient (Wildman–Crippen LogP) is 3.54. The van der Waals surface area contributed by atoms with Gasteiger partial charge in [0.25, 0.3) is 0 Å². The van der Waals surface area contributed by atoms with E-state index >= 15 is 0 Å². The number of aromatic nitrogens is 2. The first-order valence-corrected chi connectivity index (χ1v) is 5.70. The van der Waals surface area contributed by atoms with Crippen LogP contribution in [0.15, 0.2) is 12.4 Å². The monoisotopic (exact) mass is 228 g/mol. The molecule has 0 saturated heterocycles. The van der Waals surface area contributed by atoms with Gasteiger partial charge in [-0.1, -0.05) is 20.8 Å². The van der Waals surface area contributed by atoms with E-state index in [0.29, 0.717) is 6.42 Å². The van der Waals surface area contributed by atoms with Gasteiger partial charge >= 0.3 is 0 Å². The molecule has 1 unspecified atom stereocenters. The summed E-state index contributed by atoms with van der Waals surface area (Å²) in [6, 6.07) is -0.133. The van der Waals surface area contributed by atoms with Gasteiger partial charge in [0.15, 0.2) is 0 Å². The largest absolute Gasteiger partial charge is 0.269 e. The van der Waals surface area contributed by atoms with E-state index in [1.54, 1.807) is 10.9 Å². The highest BCUT2D eigenvalue weighted by Crippen LogP contribution is 2.41. The van der Waals surface area contributed by atoms with E-state index in [4.69, 9.17) is 0 Å². The molecule has 1 saturated carbocycles. The van der Waals surface area contributed by atoms with Crippen LogP contribution in [0.25, 0.3) is 0 Å². The van der Waals surface area contributed by atoms with E-state index in [-0.39, 0.29) is 24.3 Å². The second-order valence-corrected chi connectivity index (χ2v) is 5.71. The van der Waals surface area contributed by atoms with Crippen LogP contribution in [0.4, 0.5) is 8.78 Å². The topological polar surface area (TPSA) is 17.8 Å². The number of nitrogens with zero attached hydrogens (tertiary/aromatic N) is 2. The Balaban J connectivity index is 2.15. The molecule has 1 aromatic heterocycles. The van der Waals surface area contributed by atoms with Crippen LogP contribution in [0.2, 0.25) is 0 Å². The predicted molar refractivity (Wildman–Crippen MR) is 58.8 cm³/mol. The molecule has 0 bridgehead atoms. The smallest absolute Gasteiger partial charge is 0.250 e. The molecule has 0 amide bonds. The molecule has 1 aliphatic rings. The van der Waals surface area contributed by atoms with Crippen LogP contribution in [0.3, 0.4) is 0 Å². The fourth-order valence-corrected chi connectivity index (χ4v) is 2.08. The molecule has 1 aromatic rings. The summed E-state index contributed by atoms with van der Waals surface area (Å²) >= 11 is 0. The summed E-state index contributed by atoms with van der Waals surface area (Å²) in [6.07, 6.45) is 4.14. The van der Waals surface area contributed by atoms with Crippen molar-refractivity contribution in [1.29, 1.82) is 0 Å². The van der Waals surface area contributed by atoms with Crippen molar-refractivity contribution in [3.63, 3.8) is 0 Å². The summed E-state index contributed by atoms with van der Waals surface area (Å²) in [7, 11) is 0. The Labute approximate surface area is 94.6 Å². The van der Waals surface area contributed by atoms with Gasteiger partial charge in [-0.15, -0.1) is 0 Å². The highest BCUT2D eigenvalue weighted by molar-refractivity contribution is 5.15. The van der Waals surface area contributed by atoms with Crippen molar-refractivity contribution in [2.24, 2.45) is 0 Å². The van der Waals surface area contributed by atoms with Crippen molar-refractivity contribution in [3.8, 4) is 0 Å². The molecule has 4 heteroatoms. The minimum absolute atomic E-state index is 0.0115. The molecule has 16 heavy (non-hydrogen) atoms. The van der Waals surface area contributed by atoms with Crippen molar-refractivity contribution < 1.29 is 8.78 Å². The zero-order valence-electron chi connectivity index (χ0n) is 10.0. The lowest BCUT2D eigenvalue weighted by Gasteiger charge is -2.16. The van der Waals surface area contributed by atoms with Gasteiger partial charge in [-0.3, -0.25) is 4.68 Å². The molecule has 0 aromatic carbocycles. The first-order valence-electron chi connectivity index (χ1n) is 5.70. The Morgan fingerprint density at radius 3 is 2.56 bits per heavy atom. The second-order valence-electron chi connectivity index (χ2n) is 5.71. The van der Waals surface area contributed by atoms with Crippen LogP contribution in [-0.4, -0.2) is 15.7 Å². The third kappa shape index (κ3) is 2.25. The highest BCUT2D eigenvalue weighted by Gasteiger charge is 2.40. The Morgan fingerprint density at radius 2 is 2.12 bits per heavy atom. The van der Waals surface area contributed by atoms with Gasteiger partial charge in [0.2, 0.25) is 5.92 Å². The van der Waals surface area contributed by atoms with Crippen LogP contribution < -0.4 is 0 Å². The molecule has 1 fully saturated rings. The normalized spacial score (nSPS) is 24.9. The zero-order chi connectivity index (χ0) is 12.0. The van der Waals surface area contributed by atoms with E-state index < -0.39 is 5.92 Å². The van der Waals surface area contributed by atoms with Crippen LogP contribution in [0.1, 0.15) is 51.6 Å². The first-order chi connectivity index (χ1) is 7.28. The van der Waals surface area contributed by atoms with Gasteiger partial charge in [0.1, 0.15) is 0 Å². The maximum Gasteiger partial charge on any atom is 0.250 e. The van der Waals surface area contributed by atoms with E-state index in [0.717, 1.165) is 5.56 Å². The Hall–Kier alpha value is -0.930. The van der Waals surface area contributed by atoms with Crippen molar-refractivity contribution in [2.75, 3.05) is 0 Å². The third-order valence-electron chi connectivity index (χ3n) is 3.22. The van der Waals surface area contributed by atoms with Crippen LogP contribution in [0.5, 0.6) is 0 Å². The van der Waals surface area contributed by atoms with Gasteiger partial charge in [-0.2, -0.15) is 5.10 Å². The summed E-state index contributed by atoms with van der Waals surface area (Å²) in [4.78, 5) is 0. The SMILES string of the molecule is CC(C)(C)c1cnn(C2CCC(F)(F)C2)c1. The molecule has 0 N–H and O–H groups in total. The average molecular weight is 228 g/mol. The number of rotatable bonds is 1. The fourth-order valence-electron chi connectivity index (χ4n) is 2.08. The number of alkyl halides is 2. The quantitative estimate of drug-likeness (QED) is 0.718. The Morgan fingerprint density at radius 1 is 1.44 bits per heavy atom. The molecular formula is C12H18F2N2. The van der Waals surface area contributed by atoms with E-state index in [1.807, 2.05) is 6.20 Å². The lowest BCUT2D eigenvalue weighted by molar-refractivity contribution is 0.00518. The maximum absolute atomic E-state index is 13.1. The average Bonchev–Trinajstić information content (AvgIpc) is 2.68. The zero-order valence-corrected chi connectivity index (χ0v) is 10.0. The molecule has 90 valence electrons. The van der Waals surface area contributed by atoms with Crippen LogP contribution in [0, 0.1) is 0 Å². The molecule has 0 aliphatic heterocycles. The van der Waals surface area contributed by atoms with Crippen molar-refractivity contribution in [1.82, 2.24) is 9.78 Å². The van der Waals surface area contributed by atoms with Gasteiger partial charge in [-0.05, 0) is 17.4 Å². The fraction of sp³-hybridized carbons (Fsp3) is 0.750. The van der Waals surface area contributed by atoms with Gasteiger partial charge in [0, 0.05) is 19.0 Å². The van der Waals surface area contributed by atoms with Gasteiger partial charge in [0.05, 0.1) is 12.2 Å². The van der Waals surface area contributed by atoms with Gasteiger partial charge < -0.3 is 0 Å². The van der Waals surface area contributed by atoms with Crippen molar-refractivity contribution in [3.05, 3.63) is 18.0 Å². The molecule has 0 radical (unpaired) electrons. The second kappa shape index (κ2) is 3.54. The summed E-state index contributed by atoms with van der Waals surface area (Å²) in [5.74, 6) is -2.50. The summed E-state index contributed by atoms with van der Waals surface area (Å²) < 4.78 is 27.9. The lowest BCUT2D eigenvalue weighted by atomic mass is 9.90. The van der Waals surface area contributed by atoms with E-state index in [1.165, 1.54) is 0 Å². The molecule has 1 atom stereocenters. The Kier molecular flexibility index (Phi) is 2.55. The minimum atomic E-state index is -2.50. The lowest BCUT2D eigenvalue weighted by Crippen LogP contribution is -2.13. The summed E-state index contributed by atoms with van der Waals surface area (Å²) in [6.45, 7) is 6.28. The maximum atomic E-state index is 13.1. The standard InChI is InChI=1S/C12H18F2N2/c1-11(2,3)9-7-15-16(8-9)10-4-5-12(13,14)6-10/h7-8,10H,4-6H2,1-3H3. The van der Waals surface area contributed by atoms with E-state index in [9.17, 15) is 8.78 Å². The molecule has 1 heterocycles. The molecule has 1 aliphatic carbocycles. The number of hydrogen-bond donors (Lipinski definition) is 0. The highest BCUT2D eigenvalue weighted by atomic mass is 19.3. The minimum Gasteiger partial charge on any atom is -0.269 e. The first kappa shape index (κ1) is 11.6. The van der Waals surface area contributed by atoms with Gasteiger partial charge in [-0.25, -0.2) is 8.78 Å². The number of hydrogen-bond acceptors (Lipinski definition) is 1. The summed E-state index contributed by atoms with van der Waals surface area (Å²) in [5.41, 5.74) is 1.13.